The second kappa shape index (κ2) is 7.08. The average Bonchev–Trinajstić information content (AvgIpc) is 2.87. The third kappa shape index (κ3) is 4.18. The first-order chi connectivity index (χ1) is 10.0. The monoisotopic (exact) mass is 293 g/mol. The van der Waals surface area contributed by atoms with Gasteiger partial charge in [0, 0.05) is 19.4 Å². The van der Waals surface area contributed by atoms with Gasteiger partial charge in [-0.15, -0.1) is 6.58 Å². The van der Waals surface area contributed by atoms with Crippen LogP contribution in [0.3, 0.4) is 0 Å². The van der Waals surface area contributed by atoms with Crippen LogP contribution in [0.4, 0.5) is 0 Å². The minimum absolute atomic E-state index is 0.233. The first-order valence-corrected chi connectivity index (χ1v) is 8.34. The van der Waals surface area contributed by atoms with Gasteiger partial charge in [-0.3, -0.25) is 0 Å². The Kier molecular flexibility index (Phi) is 5.64. The van der Waals surface area contributed by atoms with Crippen LogP contribution in [0.25, 0.3) is 0 Å². The van der Waals surface area contributed by atoms with Crippen molar-refractivity contribution in [3.63, 3.8) is 0 Å². The summed E-state index contributed by atoms with van der Waals surface area (Å²) >= 11 is 0. The summed E-state index contributed by atoms with van der Waals surface area (Å²) in [5.41, 5.74) is 1.88. The van der Waals surface area contributed by atoms with E-state index in [0.29, 0.717) is 5.41 Å². The molecule has 0 saturated carbocycles. The van der Waals surface area contributed by atoms with Gasteiger partial charge in [0.1, 0.15) is 0 Å². The van der Waals surface area contributed by atoms with Gasteiger partial charge in [0.05, 0.1) is 12.7 Å². The molecule has 0 aromatic rings. The Morgan fingerprint density at radius 3 is 2.95 bits per heavy atom. The minimum atomic E-state index is -0.337. The van der Waals surface area contributed by atoms with Crippen LogP contribution < -0.4 is 5.32 Å². The maximum atomic E-state index is 6.23. The molecule has 1 heterocycles. The lowest BCUT2D eigenvalue weighted by molar-refractivity contribution is -0.173. The fraction of sp³-hybridized carbons (Fsp3) is 0.778. The highest BCUT2D eigenvalue weighted by molar-refractivity contribution is 5.17. The van der Waals surface area contributed by atoms with Gasteiger partial charge in [-0.25, -0.2) is 0 Å². The summed E-state index contributed by atoms with van der Waals surface area (Å²) in [7, 11) is 0. The molecule has 3 heteroatoms. The topological polar surface area (TPSA) is 30.5 Å². The van der Waals surface area contributed by atoms with E-state index in [9.17, 15) is 0 Å². The normalized spacial score (nSPS) is 29.7. The van der Waals surface area contributed by atoms with E-state index in [1.807, 2.05) is 6.08 Å². The molecule has 2 rings (SSSR count). The highest BCUT2D eigenvalue weighted by Crippen LogP contribution is 2.43. The summed E-state index contributed by atoms with van der Waals surface area (Å²) in [5, 5.41) is 3.32. The molecule has 0 aromatic carbocycles. The highest BCUT2D eigenvalue weighted by Gasteiger charge is 2.43. The number of rotatable bonds is 7. The van der Waals surface area contributed by atoms with Crippen molar-refractivity contribution in [2.24, 2.45) is 5.41 Å². The van der Waals surface area contributed by atoms with Crippen molar-refractivity contribution in [2.45, 2.75) is 64.8 Å². The van der Waals surface area contributed by atoms with Crippen LogP contribution in [0.15, 0.2) is 24.3 Å². The lowest BCUT2D eigenvalue weighted by Gasteiger charge is -2.36. The molecule has 0 aromatic heterocycles. The minimum Gasteiger partial charge on any atom is -0.347 e. The average molecular weight is 293 g/mol. The first-order valence-electron chi connectivity index (χ1n) is 8.34. The van der Waals surface area contributed by atoms with Gasteiger partial charge in [0.2, 0.25) is 0 Å². The van der Waals surface area contributed by atoms with Gasteiger partial charge in [-0.2, -0.15) is 0 Å². The summed E-state index contributed by atoms with van der Waals surface area (Å²) in [5.74, 6) is -0.337. The van der Waals surface area contributed by atoms with Crippen LogP contribution in [0.5, 0.6) is 0 Å². The smallest absolute Gasteiger partial charge is 0.172 e. The Morgan fingerprint density at radius 2 is 2.33 bits per heavy atom. The summed E-state index contributed by atoms with van der Waals surface area (Å²) < 4.78 is 12.3. The van der Waals surface area contributed by atoms with Gasteiger partial charge in [-0.05, 0) is 31.2 Å². The van der Waals surface area contributed by atoms with E-state index >= 15 is 0 Å². The second-order valence-electron chi connectivity index (χ2n) is 6.91. The van der Waals surface area contributed by atoms with Crippen molar-refractivity contribution >= 4 is 0 Å². The number of allylic oxidation sites excluding steroid dienone is 1. The number of hydrogen-bond acceptors (Lipinski definition) is 3. The van der Waals surface area contributed by atoms with E-state index in [1.165, 1.54) is 6.42 Å². The molecule has 0 bridgehead atoms. The van der Waals surface area contributed by atoms with E-state index in [0.717, 1.165) is 45.4 Å². The maximum Gasteiger partial charge on any atom is 0.172 e. The molecule has 3 nitrogen and oxygen atoms in total. The third-order valence-corrected chi connectivity index (χ3v) is 5.03. The molecule has 1 N–H and O–H groups in total. The summed E-state index contributed by atoms with van der Waals surface area (Å²) in [6.07, 6.45) is 9.68. The van der Waals surface area contributed by atoms with Crippen molar-refractivity contribution in [1.82, 2.24) is 5.32 Å². The van der Waals surface area contributed by atoms with Crippen LogP contribution >= 0.6 is 0 Å². The summed E-state index contributed by atoms with van der Waals surface area (Å²) in [6, 6.07) is 0. The lowest BCUT2D eigenvalue weighted by Crippen LogP contribution is -2.34. The van der Waals surface area contributed by atoms with Gasteiger partial charge in [-0.1, -0.05) is 38.5 Å². The fourth-order valence-electron chi connectivity index (χ4n) is 3.11. The molecule has 1 saturated heterocycles. The lowest BCUT2D eigenvalue weighted by atomic mass is 9.75. The second-order valence-corrected chi connectivity index (χ2v) is 6.91. The van der Waals surface area contributed by atoms with Crippen molar-refractivity contribution < 1.29 is 9.47 Å². The van der Waals surface area contributed by atoms with E-state index < -0.39 is 0 Å². The Bertz CT molecular complexity index is 389. The number of nitrogens with one attached hydrogen (secondary N) is 1. The standard InChI is InChI=1S/C18H31NO2/c1-5-12-19-13-9-16-14-20-18(21-16)10-7-15(8-11-18)17(3,4)6-2/h5,7,16,19H,1,6,8-14H2,2-4H3. The van der Waals surface area contributed by atoms with E-state index in [4.69, 9.17) is 9.47 Å². The molecule has 2 atom stereocenters. The molecule has 2 unspecified atom stereocenters. The van der Waals surface area contributed by atoms with Crippen LogP contribution in [-0.2, 0) is 9.47 Å². The number of ether oxygens (including phenoxy) is 2. The molecule has 21 heavy (non-hydrogen) atoms. The molecular formula is C18H31NO2. The fourth-order valence-corrected chi connectivity index (χ4v) is 3.11. The predicted octanol–water partition coefficient (Wildman–Crippen LogP) is 3.81. The van der Waals surface area contributed by atoms with Gasteiger partial charge in [0.15, 0.2) is 5.79 Å². The van der Waals surface area contributed by atoms with Crippen LogP contribution in [-0.4, -0.2) is 31.6 Å². The Labute approximate surface area is 129 Å². The largest absolute Gasteiger partial charge is 0.347 e. The van der Waals surface area contributed by atoms with Crippen molar-refractivity contribution in [2.75, 3.05) is 19.7 Å². The highest BCUT2D eigenvalue weighted by atomic mass is 16.7. The zero-order valence-corrected chi connectivity index (χ0v) is 13.9. The Hall–Kier alpha value is -0.640. The molecule has 0 amide bonds. The van der Waals surface area contributed by atoms with E-state index in [2.05, 4.69) is 38.7 Å². The van der Waals surface area contributed by atoms with Crippen LogP contribution in [0.1, 0.15) is 52.9 Å². The van der Waals surface area contributed by atoms with Crippen molar-refractivity contribution in [3.8, 4) is 0 Å². The molecule has 0 radical (unpaired) electrons. The summed E-state index contributed by atoms with van der Waals surface area (Å²) in [6.45, 7) is 13.2. The predicted molar refractivity (Wildman–Crippen MR) is 87.2 cm³/mol. The molecule has 120 valence electrons. The maximum absolute atomic E-state index is 6.23. The Balaban J connectivity index is 1.83. The molecule has 2 aliphatic rings. The Morgan fingerprint density at radius 1 is 1.52 bits per heavy atom. The van der Waals surface area contributed by atoms with Gasteiger partial charge in [0.25, 0.3) is 0 Å². The zero-order chi connectivity index (χ0) is 15.3. The molecule has 1 fully saturated rings. The molecule has 1 aliphatic heterocycles. The third-order valence-electron chi connectivity index (χ3n) is 5.03. The van der Waals surface area contributed by atoms with E-state index in [1.54, 1.807) is 5.57 Å². The van der Waals surface area contributed by atoms with Gasteiger partial charge >= 0.3 is 0 Å². The molecular weight excluding hydrogens is 262 g/mol. The number of hydrogen-bond donors (Lipinski definition) is 1. The van der Waals surface area contributed by atoms with Gasteiger partial charge < -0.3 is 14.8 Å². The van der Waals surface area contributed by atoms with E-state index in [-0.39, 0.29) is 11.9 Å². The van der Waals surface area contributed by atoms with Crippen LogP contribution in [0.2, 0.25) is 0 Å². The SMILES string of the molecule is C=CCNCCC1COC2(CC=C(C(C)(C)CC)CC2)O1. The quantitative estimate of drug-likeness (QED) is 0.572. The van der Waals surface area contributed by atoms with Crippen molar-refractivity contribution in [3.05, 3.63) is 24.3 Å². The van der Waals surface area contributed by atoms with Crippen LogP contribution in [0, 0.1) is 5.41 Å². The first kappa shape index (κ1) is 16.7. The molecule has 1 aliphatic carbocycles. The zero-order valence-electron chi connectivity index (χ0n) is 13.9. The summed E-state index contributed by atoms with van der Waals surface area (Å²) in [4.78, 5) is 0. The molecule has 1 spiro atoms. The van der Waals surface area contributed by atoms with Crippen molar-refractivity contribution in [1.29, 1.82) is 0 Å².